The van der Waals surface area contributed by atoms with Crippen LogP contribution < -0.4 is 19.1 Å². The van der Waals surface area contributed by atoms with Gasteiger partial charge in [0.05, 0.1) is 42.5 Å². The van der Waals surface area contributed by atoms with Gasteiger partial charge in [0.1, 0.15) is 23.0 Å². The van der Waals surface area contributed by atoms with Crippen LogP contribution in [0, 0.1) is 6.92 Å². The van der Waals surface area contributed by atoms with Crippen LogP contribution in [0.3, 0.4) is 0 Å². The number of ketones is 1. The average molecular weight is 522 g/mol. The van der Waals surface area contributed by atoms with Crippen molar-refractivity contribution in [1.29, 1.82) is 0 Å². The van der Waals surface area contributed by atoms with E-state index in [0.29, 0.717) is 22.7 Å². The molecule has 1 heterocycles. The number of halogens is 1. The molecule has 0 bridgehead atoms. The lowest BCUT2D eigenvalue weighted by atomic mass is 9.94. The molecule has 1 aliphatic rings. The summed E-state index contributed by atoms with van der Waals surface area (Å²) in [6.07, 6.45) is -0.0816. The van der Waals surface area contributed by atoms with E-state index >= 15 is 0 Å². The highest BCUT2D eigenvalue weighted by atomic mass is 35.5. The summed E-state index contributed by atoms with van der Waals surface area (Å²) in [6.45, 7) is 5.62. The monoisotopic (exact) mass is 521 g/mol. The first-order chi connectivity index (χ1) is 17.7. The third kappa shape index (κ3) is 5.00. The van der Waals surface area contributed by atoms with Gasteiger partial charge in [-0.3, -0.25) is 14.5 Å². The van der Waals surface area contributed by atoms with Gasteiger partial charge in [-0.15, -0.1) is 0 Å². The Labute approximate surface area is 220 Å². The van der Waals surface area contributed by atoms with Crippen LogP contribution in [-0.2, 0) is 9.59 Å². The van der Waals surface area contributed by atoms with Crippen LogP contribution in [-0.4, -0.2) is 37.1 Å². The Hall–Kier alpha value is -3.97. The second kappa shape index (κ2) is 10.6. The SMILES string of the molecule is COc1ccc(N2C(=O)C(=O)/C(=C(/O)c3cc(C)cc(Cl)c3OC)C2c2cccc(OC(C)C)c2)cc1. The van der Waals surface area contributed by atoms with Crippen molar-refractivity contribution in [2.24, 2.45) is 0 Å². The molecule has 192 valence electrons. The molecule has 4 rings (SSSR count). The predicted molar refractivity (Wildman–Crippen MR) is 143 cm³/mol. The van der Waals surface area contributed by atoms with Gasteiger partial charge in [0.2, 0.25) is 0 Å². The number of benzene rings is 3. The number of carbonyl (C=O) groups excluding carboxylic acids is 2. The standard InChI is InChI=1S/C29H28ClNO6/c1-16(2)37-21-8-6-7-18(15-21)25-24(26(32)22-13-17(3)14-23(30)28(22)36-5)27(33)29(34)31(25)19-9-11-20(35-4)12-10-19/h6-16,25,32H,1-5H3/b26-24+. The molecule has 0 aromatic heterocycles. The van der Waals surface area contributed by atoms with Gasteiger partial charge in [-0.1, -0.05) is 23.7 Å². The van der Waals surface area contributed by atoms with Crippen LogP contribution >= 0.6 is 11.6 Å². The Kier molecular flexibility index (Phi) is 7.45. The van der Waals surface area contributed by atoms with Crippen molar-refractivity contribution in [3.05, 3.63) is 87.9 Å². The number of aliphatic hydroxyl groups excluding tert-OH is 1. The highest BCUT2D eigenvalue weighted by Gasteiger charge is 2.47. The number of ether oxygens (including phenoxy) is 3. The molecule has 7 nitrogen and oxygen atoms in total. The molecule has 0 aliphatic carbocycles. The van der Waals surface area contributed by atoms with Crippen molar-refractivity contribution in [3.63, 3.8) is 0 Å². The Balaban J connectivity index is 1.98. The highest BCUT2D eigenvalue weighted by Crippen LogP contribution is 2.45. The van der Waals surface area contributed by atoms with Crippen molar-refractivity contribution in [2.45, 2.75) is 32.9 Å². The molecule has 0 radical (unpaired) electrons. The van der Waals surface area contributed by atoms with Gasteiger partial charge in [-0.05, 0) is 80.4 Å². The summed E-state index contributed by atoms with van der Waals surface area (Å²) in [7, 11) is 2.97. The molecule has 1 aliphatic heterocycles. The van der Waals surface area contributed by atoms with Crippen LogP contribution in [0.15, 0.2) is 66.2 Å². The van der Waals surface area contributed by atoms with E-state index in [1.165, 1.54) is 12.0 Å². The Morgan fingerprint density at radius 1 is 0.973 bits per heavy atom. The quantitative estimate of drug-likeness (QED) is 0.230. The van der Waals surface area contributed by atoms with Gasteiger partial charge in [0.15, 0.2) is 0 Å². The number of aryl methyl sites for hydroxylation is 1. The summed E-state index contributed by atoms with van der Waals surface area (Å²) in [6, 6.07) is 16.3. The number of amides is 1. The van der Waals surface area contributed by atoms with Crippen molar-refractivity contribution in [1.82, 2.24) is 0 Å². The summed E-state index contributed by atoms with van der Waals surface area (Å²) in [5, 5.41) is 11.8. The van der Waals surface area contributed by atoms with Crippen molar-refractivity contribution in [2.75, 3.05) is 19.1 Å². The molecule has 1 unspecified atom stereocenters. The molecule has 1 saturated heterocycles. The number of nitrogens with zero attached hydrogens (tertiary/aromatic N) is 1. The average Bonchev–Trinajstić information content (AvgIpc) is 3.13. The molecule has 1 atom stereocenters. The maximum Gasteiger partial charge on any atom is 0.300 e. The van der Waals surface area contributed by atoms with E-state index < -0.39 is 17.7 Å². The fourth-order valence-electron chi connectivity index (χ4n) is 4.44. The number of carbonyl (C=O) groups is 2. The lowest BCUT2D eigenvalue weighted by Gasteiger charge is -2.26. The molecule has 0 spiro atoms. The molecule has 0 saturated carbocycles. The Morgan fingerprint density at radius 3 is 2.30 bits per heavy atom. The molecule has 3 aromatic carbocycles. The van der Waals surface area contributed by atoms with Crippen LogP contribution in [0.2, 0.25) is 5.02 Å². The second-order valence-electron chi connectivity index (χ2n) is 8.93. The molecule has 37 heavy (non-hydrogen) atoms. The van der Waals surface area contributed by atoms with E-state index in [1.807, 2.05) is 20.8 Å². The van der Waals surface area contributed by atoms with E-state index in [2.05, 4.69) is 0 Å². The summed E-state index contributed by atoms with van der Waals surface area (Å²) in [5.41, 5.74) is 1.95. The molecule has 8 heteroatoms. The molecule has 1 N–H and O–H groups in total. The summed E-state index contributed by atoms with van der Waals surface area (Å²) in [4.78, 5) is 28.3. The van der Waals surface area contributed by atoms with Crippen molar-refractivity contribution < 1.29 is 28.9 Å². The van der Waals surface area contributed by atoms with Gasteiger partial charge in [0, 0.05) is 5.69 Å². The summed E-state index contributed by atoms with van der Waals surface area (Å²) < 4.78 is 16.6. The maximum atomic E-state index is 13.5. The topological polar surface area (TPSA) is 85.3 Å². The van der Waals surface area contributed by atoms with Gasteiger partial charge in [-0.25, -0.2) is 0 Å². The van der Waals surface area contributed by atoms with Gasteiger partial charge in [0.25, 0.3) is 11.7 Å². The summed E-state index contributed by atoms with van der Waals surface area (Å²) >= 11 is 6.38. The zero-order valence-corrected chi connectivity index (χ0v) is 22.0. The molecular formula is C29H28ClNO6. The molecule has 1 amide bonds. The zero-order chi connectivity index (χ0) is 26.9. The number of anilines is 1. The van der Waals surface area contributed by atoms with Gasteiger partial charge < -0.3 is 19.3 Å². The molecule has 3 aromatic rings. The smallest absolute Gasteiger partial charge is 0.300 e. The minimum atomic E-state index is -0.937. The number of hydrogen-bond donors (Lipinski definition) is 1. The van der Waals surface area contributed by atoms with E-state index in [9.17, 15) is 14.7 Å². The van der Waals surface area contributed by atoms with Crippen LogP contribution in [0.1, 0.15) is 36.6 Å². The highest BCUT2D eigenvalue weighted by molar-refractivity contribution is 6.51. The van der Waals surface area contributed by atoms with E-state index in [-0.39, 0.29) is 33.8 Å². The lowest BCUT2D eigenvalue weighted by Crippen LogP contribution is -2.29. The molecular weight excluding hydrogens is 494 g/mol. The second-order valence-corrected chi connectivity index (χ2v) is 9.34. The van der Waals surface area contributed by atoms with E-state index in [4.69, 9.17) is 25.8 Å². The van der Waals surface area contributed by atoms with Crippen LogP contribution in [0.4, 0.5) is 5.69 Å². The first kappa shape index (κ1) is 26.1. The zero-order valence-electron chi connectivity index (χ0n) is 21.2. The van der Waals surface area contributed by atoms with E-state index in [0.717, 1.165) is 5.56 Å². The lowest BCUT2D eigenvalue weighted by molar-refractivity contribution is -0.132. The van der Waals surface area contributed by atoms with Crippen molar-refractivity contribution in [3.8, 4) is 17.2 Å². The van der Waals surface area contributed by atoms with Gasteiger partial charge >= 0.3 is 0 Å². The Morgan fingerprint density at radius 2 is 1.68 bits per heavy atom. The third-order valence-electron chi connectivity index (χ3n) is 5.99. The molecule has 1 fully saturated rings. The third-order valence-corrected chi connectivity index (χ3v) is 6.27. The minimum Gasteiger partial charge on any atom is -0.507 e. The largest absolute Gasteiger partial charge is 0.507 e. The fraction of sp³-hybridized carbons (Fsp3) is 0.241. The van der Waals surface area contributed by atoms with Gasteiger partial charge in [-0.2, -0.15) is 0 Å². The number of hydrogen-bond acceptors (Lipinski definition) is 6. The van der Waals surface area contributed by atoms with Crippen LogP contribution in [0.5, 0.6) is 17.2 Å². The first-order valence-electron chi connectivity index (χ1n) is 11.7. The Bertz CT molecular complexity index is 1380. The maximum absolute atomic E-state index is 13.5. The normalized spacial score (nSPS) is 16.8. The van der Waals surface area contributed by atoms with Crippen LogP contribution in [0.25, 0.3) is 5.76 Å². The fourth-order valence-corrected chi connectivity index (χ4v) is 4.80. The van der Waals surface area contributed by atoms with Crippen molar-refractivity contribution >= 4 is 34.7 Å². The first-order valence-corrected chi connectivity index (χ1v) is 12.1. The van der Waals surface area contributed by atoms with E-state index in [1.54, 1.807) is 67.8 Å². The minimum absolute atomic E-state index is 0.0810. The summed E-state index contributed by atoms with van der Waals surface area (Å²) in [5.74, 6) is -0.599. The number of Topliss-reactive ketones (excluding diaryl/α,β-unsaturated/α-hetero) is 1. The number of methoxy groups -OCH3 is 2. The predicted octanol–water partition coefficient (Wildman–Crippen LogP) is 6.08. The number of rotatable bonds is 7. The number of aliphatic hydroxyl groups is 1.